The lowest BCUT2D eigenvalue weighted by molar-refractivity contribution is -0.124. The van der Waals surface area contributed by atoms with E-state index in [4.69, 9.17) is 10.5 Å². The Kier molecular flexibility index (Phi) is 7.01. The minimum atomic E-state index is -0.514. The van der Waals surface area contributed by atoms with Gasteiger partial charge in [0.1, 0.15) is 5.75 Å². The van der Waals surface area contributed by atoms with E-state index in [2.05, 4.69) is 6.92 Å². The number of amides is 2. The molecule has 0 fully saturated rings. The van der Waals surface area contributed by atoms with Crippen molar-refractivity contribution in [1.82, 2.24) is 4.90 Å². The van der Waals surface area contributed by atoms with Gasteiger partial charge in [-0.05, 0) is 30.2 Å². The van der Waals surface area contributed by atoms with Crippen LogP contribution in [0.15, 0.2) is 30.3 Å². The highest BCUT2D eigenvalue weighted by molar-refractivity contribution is 5.91. The summed E-state index contributed by atoms with van der Waals surface area (Å²) in [5.41, 5.74) is 5.88. The maximum Gasteiger partial charge on any atom is 0.255 e. The predicted molar refractivity (Wildman–Crippen MR) is 82.7 cm³/mol. The number of carbonyl (C=O) groups excluding carboxylic acids is 2. The van der Waals surface area contributed by atoms with Crippen molar-refractivity contribution in [1.29, 1.82) is 0 Å². The van der Waals surface area contributed by atoms with Crippen LogP contribution in [0.5, 0.6) is 5.75 Å². The van der Waals surface area contributed by atoms with Crippen LogP contribution in [0.3, 0.4) is 0 Å². The van der Waals surface area contributed by atoms with Crippen molar-refractivity contribution in [3.05, 3.63) is 35.9 Å². The summed E-state index contributed by atoms with van der Waals surface area (Å²) in [4.78, 5) is 24.1. The molecular weight excluding hydrogens is 268 g/mol. The third kappa shape index (κ3) is 6.61. The standard InChI is InChI=1S/C16H22N2O3/c1-3-4-11-18(2)16(20)10-7-13-5-8-14(9-6-13)21-12-15(17)19/h5-10H,3-4,11-12H2,1-2H3,(H2,17,19). The summed E-state index contributed by atoms with van der Waals surface area (Å²) in [5.74, 6) is 0.0366. The maximum absolute atomic E-state index is 11.8. The Labute approximate surface area is 125 Å². The van der Waals surface area contributed by atoms with Crippen LogP contribution in [0.1, 0.15) is 25.3 Å². The Bertz CT molecular complexity index is 495. The fourth-order valence-electron chi connectivity index (χ4n) is 1.63. The fourth-order valence-corrected chi connectivity index (χ4v) is 1.63. The number of primary amides is 1. The van der Waals surface area contributed by atoms with Crippen LogP contribution in [0.4, 0.5) is 0 Å². The Hall–Kier alpha value is -2.30. The largest absolute Gasteiger partial charge is 0.484 e. The van der Waals surface area contributed by atoms with Crippen LogP contribution in [-0.2, 0) is 9.59 Å². The van der Waals surface area contributed by atoms with E-state index in [0.29, 0.717) is 5.75 Å². The molecule has 5 heteroatoms. The number of benzene rings is 1. The van der Waals surface area contributed by atoms with Gasteiger partial charge in [-0.25, -0.2) is 0 Å². The average molecular weight is 290 g/mol. The Morgan fingerprint density at radius 2 is 1.95 bits per heavy atom. The molecule has 0 unspecified atom stereocenters. The van der Waals surface area contributed by atoms with E-state index in [-0.39, 0.29) is 12.5 Å². The van der Waals surface area contributed by atoms with Crippen LogP contribution >= 0.6 is 0 Å². The zero-order valence-electron chi connectivity index (χ0n) is 12.5. The second-order valence-corrected chi connectivity index (χ2v) is 4.77. The minimum absolute atomic E-state index is 0.0162. The van der Waals surface area contributed by atoms with E-state index in [9.17, 15) is 9.59 Å². The number of carbonyl (C=O) groups is 2. The van der Waals surface area contributed by atoms with Gasteiger partial charge in [0.15, 0.2) is 6.61 Å². The lowest BCUT2D eigenvalue weighted by atomic mass is 10.2. The highest BCUT2D eigenvalue weighted by Crippen LogP contribution is 2.13. The lowest BCUT2D eigenvalue weighted by Crippen LogP contribution is -2.25. The van der Waals surface area contributed by atoms with Crippen molar-refractivity contribution in [2.45, 2.75) is 19.8 Å². The molecule has 0 bridgehead atoms. The highest BCUT2D eigenvalue weighted by atomic mass is 16.5. The zero-order valence-corrected chi connectivity index (χ0v) is 12.5. The molecule has 2 N–H and O–H groups in total. The van der Waals surface area contributed by atoms with E-state index in [0.717, 1.165) is 24.9 Å². The summed E-state index contributed by atoms with van der Waals surface area (Å²) in [6.45, 7) is 2.71. The fraction of sp³-hybridized carbons (Fsp3) is 0.375. The number of unbranched alkanes of at least 4 members (excludes halogenated alkanes) is 1. The normalized spacial score (nSPS) is 10.6. The SMILES string of the molecule is CCCCN(C)C(=O)C=Cc1ccc(OCC(N)=O)cc1. The quantitative estimate of drug-likeness (QED) is 0.742. The van der Waals surface area contributed by atoms with Gasteiger partial charge >= 0.3 is 0 Å². The van der Waals surface area contributed by atoms with E-state index >= 15 is 0 Å². The molecule has 1 aromatic rings. The van der Waals surface area contributed by atoms with E-state index in [1.54, 1.807) is 36.2 Å². The number of ether oxygens (including phenoxy) is 1. The van der Waals surface area contributed by atoms with Crippen LogP contribution in [0.2, 0.25) is 0 Å². The molecule has 0 saturated heterocycles. The first-order chi connectivity index (χ1) is 10.0. The van der Waals surface area contributed by atoms with Gasteiger partial charge in [-0.1, -0.05) is 25.5 Å². The third-order valence-corrected chi connectivity index (χ3v) is 2.90. The van der Waals surface area contributed by atoms with Crippen LogP contribution in [0.25, 0.3) is 6.08 Å². The lowest BCUT2D eigenvalue weighted by Gasteiger charge is -2.13. The van der Waals surface area contributed by atoms with Crippen molar-refractivity contribution < 1.29 is 14.3 Å². The summed E-state index contributed by atoms with van der Waals surface area (Å²) in [6.07, 6.45) is 5.37. The van der Waals surface area contributed by atoms with Crippen molar-refractivity contribution in [3.63, 3.8) is 0 Å². The zero-order chi connectivity index (χ0) is 15.7. The molecule has 1 aromatic carbocycles. The molecular formula is C16H22N2O3. The number of likely N-dealkylation sites (N-methyl/N-ethyl adjacent to an activating group) is 1. The van der Waals surface area contributed by atoms with Gasteiger partial charge in [0.2, 0.25) is 5.91 Å². The predicted octanol–water partition coefficient (Wildman–Crippen LogP) is 1.82. The molecule has 5 nitrogen and oxygen atoms in total. The second-order valence-electron chi connectivity index (χ2n) is 4.77. The Morgan fingerprint density at radius 3 is 2.52 bits per heavy atom. The van der Waals surface area contributed by atoms with Gasteiger partial charge in [0, 0.05) is 19.7 Å². The van der Waals surface area contributed by atoms with Crippen molar-refractivity contribution in [2.75, 3.05) is 20.2 Å². The number of rotatable bonds is 8. The monoisotopic (exact) mass is 290 g/mol. The van der Waals surface area contributed by atoms with Crippen LogP contribution in [0, 0.1) is 0 Å². The summed E-state index contributed by atoms with van der Waals surface area (Å²) in [6, 6.07) is 7.08. The smallest absolute Gasteiger partial charge is 0.255 e. The molecule has 0 aliphatic heterocycles. The molecule has 0 aliphatic rings. The Balaban J connectivity index is 2.52. The molecule has 0 radical (unpaired) electrons. The molecule has 0 aromatic heterocycles. The third-order valence-electron chi connectivity index (χ3n) is 2.90. The van der Waals surface area contributed by atoms with Gasteiger partial charge in [-0.2, -0.15) is 0 Å². The summed E-state index contributed by atoms with van der Waals surface area (Å²) in [7, 11) is 1.79. The number of nitrogens with zero attached hydrogens (tertiary/aromatic N) is 1. The summed E-state index contributed by atoms with van der Waals surface area (Å²) >= 11 is 0. The van der Waals surface area contributed by atoms with Gasteiger partial charge in [-0.15, -0.1) is 0 Å². The van der Waals surface area contributed by atoms with Crippen LogP contribution in [-0.4, -0.2) is 36.9 Å². The molecule has 0 atom stereocenters. The van der Waals surface area contributed by atoms with Gasteiger partial charge in [0.25, 0.3) is 5.91 Å². The molecule has 114 valence electrons. The van der Waals surface area contributed by atoms with Gasteiger partial charge in [-0.3, -0.25) is 9.59 Å². The van der Waals surface area contributed by atoms with E-state index < -0.39 is 5.91 Å². The topological polar surface area (TPSA) is 72.6 Å². The molecule has 21 heavy (non-hydrogen) atoms. The first-order valence-corrected chi connectivity index (χ1v) is 6.97. The Morgan fingerprint density at radius 1 is 1.29 bits per heavy atom. The minimum Gasteiger partial charge on any atom is -0.484 e. The van der Waals surface area contributed by atoms with Crippen molar-refractivity contribution in [2.24, 2.45) is 5.73 Å². The maximum atomic E-state index is 11.8. The summed E-state index contributed by atoms with van der Waals surface area (Å²) < 4.78 is 5.16. The molecule has 2 amide bonds. The highest BCUT2D eigenvalue weighted by Gasteiger charge is 2.03. The number of nitrogens with two attached hydrogens (primary N) is 1. The van der Waals surface area contributed by atoms with E-state index in [1.807, 2.05) is 12.1 Å². The van der Waals surface area contributed by atoms with E-state index in [1.165, 1.54) is 0 Å². The molecule has 0 heterocycles. The average Bonchev–Trinajstić information content (AvgIpc) is 2.49. The van der Waals surface area contributed by atoms with Crippen LogP contribution < -0.4 is 10.5 Å². The number of hydrogen-bond donors (Lipinski definition) is 1. The first-order valence-electron chi connectivity index (χ1n) is 6.97. The van der Waals surface area contributed by atoms with Gasteiger partial charge < -0.3 is 15.4 Å². The molecule has 0 spiro atoms. The van der Waals surface area contributed by atoms with Crippen molar-refractivity contribution in [3.8, 4) is 5.75 Å². The van der Waals surface area contributed by atoms with Crippen molar-refractivity contribution >= 4 is 17.9 Å². The number of hydrogen-bond acceptors (Lipinski definition) is 3. The molecule has 0 saturated carbocycles. The molecule has 1 rings (SSSR count). The first kappa shape index (κ1) is 16.8. The molecule has 0 aliphatic carbocycles. The summed E-state index contributed by atoms with van der Waals surface area (Å²) in [5, 5.41) is 0. The van der Waals surface area contributed by atoms with Gasteiger partial charge in [0.05, 0.1) is 0 Å². The second kappa shape index (κ2) is 8.79.